The van der Waals surface area contributed by atoms with Crippen molar-refractivity contribution in [3.63, 3.8) is 0 Å². The first-order valence-corrected chi connectivity index (χ1v) is 5.58. The van der Waals surface area contributed by atoms with Gasteiger partial charge in [0, 0.05) is 18.9 Å². The van der Waals surface area contributed by atoms with Crippen LogP contribution in [0.5, 0.6) is 0 Å². The molecule has 1 N–H and O–H groups in total. The standard InChI is InChI=1S/C11H11N7/c1-2-9(6-12-4-1)3-5-14-10-7-13-8-11-15-16-17-18(10)11/h1-2,4,6-8,14H,3,5H2. The van der Waals surface area contributed by atoms with Crippen molar-refractivity contribution in [3.8, 4) is 0 Å². The lowest BCUT2D eigenvalue weighted by atomic mass is 10.2. The van der Waals surface area contributed by atoms with Gasteiger partial charge in [-0.1, -0.05) is 6.07 Å². The average Bonchev–Trinajstić information content (AvgIpc) is 2.89. The molecule has 0 aliphatic heterocycles. The Labute approximate surface area is 103 Å². The van der Waals surface area contributed by atoms with Gasteiger partial charge in [0.1, 0.15) is 5.82 Å². The van der Waals surface area contributed by atoms with Crippen LogP contribution in [0, 0.1) is 0 Å². The lowest BCUT2D eigenvalue weighted by molar-refractivity contribution is 0.817. The summed E-state index contributed by atoms with van der Waals surface area (Å²) in [5, 5.41) is 14.6. The molecule has 3 heterocycles. The summed E-state index contributed by atoms with van der Waals surface area (Å²) in [6.45, 7) is 0.770. The normalized spacial score (nSPS) is 10.7. The molecule has 3 aromatic rings. The molecule has 0 bridgehead atoms. The van der Waals surface area contributed by atoms with Crippen LogP contribution in [0.1, 0.15) is 5.56 Å². The largest absolute Gasteiger partial charge is 0.368 e. The van der Waals surface area contributed by atoms with Crippen molar-refractivity contribution in [1.82, 2.24) is 30.0 Å². The number of hydrogen-bond donors (Lipinski definition) is 1. The van der Waals surface area contributed by atoms with Gasteiger partial charge in [0.25, 0.3) is 0 Å². The van der Waals surface area contributed by atoms with E-state index in [1.54, 1.807) is 23.1 Å². The molecule has 0 aliphatic carbocycles. The van der Waals surface area contributed by atoms with E-state index >= 15 is 0 Å². The second-order valence-electron chi connectivity index (χ2n) is 3.78. The van der Waals surface area contributed by atoms with Crippen LogP contribution < -0.4 is 5.32 Å². The SMILES string of the molecule is c1cncc(CCNc2cncc3nnnn23)c1. The molecule has 3 aromatic heterocycles. The quantitative estimate of drug-likeness (QED) is 0.719. The maximum absolute atomic E-state index is 4.07. The molecule has 0 fully saturated rings. The van der Waals surface area contributed by atoms with Gasteiger partial charge in [0.2, 0.25) is 0 Å². The molecular weight excluding hydrogens is 230 g/mol. The third-order valence-electron chi connectivity index (χ3n) is 2.55. The van der Waals surface area contributed by atoms with Crippen LogP contribution >= 0.6 is 0 Å². The molecule has 0 atom stereocenters. The highest BCUT2D eigenvalue weighted by Gasteiger charge is 2.02. The monoisotopic (exact) mass is 241 g/mol. The van der Waals surface area contributed by atoms with E-state index in [2.05, 4.69) is 30.8 Å². The Morgan fingerprint density at radius 3 is 3.06 bits per heavy atom. The molecule has 7 heteroatoms. The maximum Gasteiger partial charge on any atom is 0.199 e. The maximum atomic E-state index is 4.07. The second kappa shape index (κ2) is 4.74. The highest BCUT2D eigenvalue weighted by atomic mass is 15.5. The zero-order chi connectivity index (χ0) is 12.2. The number of hydrogen-bond acceptors (Lipinski definition) is 6. The molecule has 0 saturated heterocycles. The number of nitrogens with one attached hydrogen (secondary N) is 1. The number of pyridine rings is 1. The van der Waals surface area contributed by atoms with Gasteiger partial charge < -0.3 is 5.32 Å². The van der Waals surface area contributed by atoms with Crippen LogP contribution in [0.2, 0.25) is 0 Å². The minimum atomic E-state index is 0.626. The molecular formula is C11H11N7. The number of rotatable bonds is 4. The topological polar surface area (TPSA) is 80.9 Å². The van der Waals surface area contributed by atoms with Gasteiger partial charge in [-0.2, -0.15) is 4.52 Å². The Bertz CT molecular complexity index is 634. The van der Waals surface area contributed by atoms with Crippen LogP contribution in [0.15, 0.2) is 36.9 Å². The van der Waals surface area contributed by atoms with Gasteiger partial charge in [-0.05, 0) is 28.5 Å². The lowest BCUT2D eigenvalue weighted by Gasteiger charge is -2.06. The van der Waals surface area contributed by atoms with E-state index in [-0.39, 0.29) is 0 Å². The van der Waals surface area contributed by atoms with Crippen LogP contribution in [-0.2, 0) is 6.42 Å². The van der Waals surface area contributed by atoms with Crippen molar-refractivity contribution in [2.45, 2.75) is 6.42 Å². The second-order valence-corrected chi connectivity index (χ2v) is 3.78. The van der Waals surface area contributed by atoms with Crippen molar-refractivity contribution < 1.29 is 0 Å². The minimum Gasteiger partial charge on any atom is -0.368 e. The molecule has 90 valence electrons. The summed E-state index contributed by atoms with van der Waals surface area (Å²) >= 11 is 0. The van der Waals surface area contributed by atoms with Crippen molar-refractivity contribution in [2.24, 2.45) is 0 Å². The van der Waals surface area contributed by atoms with Gasteiger partial charge in [-0.25, -0.2) is 0 Å². The van der Waals surface area contributed by atoms with Crippen molar-refractivity contribution in [2.75, 3.05) is 11.9 Å². The predicted octanol–water partition coefficient (Wildman–Crippen LogP) is 0.569. The highest BCUT2D eigenvalue weighted by molar-refractivity contribution is 5.43. The molecule has 18 heavy (non-hydrogen) atoms. The third kappa shape index (κ3) is 2.10. The Hall–Kier alpha value is -2.57. The predicted molar refractivity (Wildman–Crippen MR) is 65.0 cm³/mol. The van der Waals surface area contributed by atoms with Gasteiger partial charge >= 0.3 is 0 Å². The molecule has 0 spiro atoms. The van der Waals surface area contributed by atoms with Gasteiger partial charge in [-0.3, -0.25) is 9.97 Å². The first-order valence-electron chi connectivity index (χ1n) is 5.58. The van der Waals surface area contributed by atoms with E-state index in [4.69, 9.17) is 0 Å². The fourth-order valence-corrected chi connectivity index (χ4v) is 1.68. The summed E-state index contributed by atoms with van der Waals surface area (Å²) in [7, 11) is 0. The zero-order valence-corrected chi connectivity index (χ0v) is 9.56. The first-order chi connectivity index (χ1) is 8.93. The van der Waals surface area contributed by atoms with Crippen molar-refractivity contribution in [1.29, 1.82) is 0 Å². The smallest absolute Gasteiger partial charge is 0.199 e. The van der Waals surface area contributed by atoms with Crippen LogP contribution in [0.3, 0.4) is 0 Å². The highest BCUT2D eigenvalue weighted by Crippen LogP contribution is 2.06. The van der Waals surface area contributed by atoms with Gasteiger partial charge in [0.15, 0.2) is 5.65 Å². The van der Waals surface area contributed by atoms with Crippen LogP contribution in [0.25, 0.3) is 5.65 Å². The van der Waals surface area contributed by atoms with E-state index in [9.17, 15) is 0 Å². The number of tetrazole rings is 1. The van der Waals surface area contributed by atoms with Gasteiger partial charge in [-0.15, -0.1) is 5.10 Å². The fourth-order valence-electron chi connectivity index (χ4n) is 1.68. The number of nitrogens with zero attached hydrogens (tertiary/aromatic N) is 6. The van der Waals surface area contributed by atoms with E-state index in [0.717, 1.165) is 18.8 Å². The van der Waals surface area contributed by atoms with Crippen LogP contribution in [0.4, 0.5) is 5.82 Å². The Kier molecular flexibility index (Phi) is 2.79. The zero-order valence-electron chi connectivity index (χ0n) is 9.56. The summed E-state index contributed by atoms with van der Waals surface area (Å²) in [6, 6.07) is 3.98. The fraction of sp³-hybridized carbons (Fsp3) is 0.182. The van der Waals surface area contributed by atoms with E-state index in [1.165, 1.54) is 5.56 Å². The van der Waals surface area contributed by atoms with E-state index in [0.29, 0.717) is 5.65 Å². The summed E-state index contributed by atoms with van der Waals surface area (Å²) in [6.07, 6.45) is 7.82. The lowest BCUT2D eigenvalue weighted by Crippen LogP contribution is -2.09. The molecule has 0 saturated carbocycles. The molecule has 3 rings (SSSR count). The number of fused-ring (bicyclic) bond motifs is 1. The summed E-state index contributed by atoms with van der Waals surface area (Å²) in [5.74, 6) is 0.779. The summed E-state index contributed by atoms with van der Waals surface area (Å²) in [5.41, 5.74) is 1.81. The van der Waals surface area contributed by atoms with E-state index < -0.39 is 0 Å². The first kappa shape index (κ1) is 10.6. The Morgan fingerprint density at radius 1 is 1.17 bits per heavy atom. The molecule has 0 radical (unpaired) electrons. The van der Waals surface area contributed by atoms with Crippen molar-refractivity contribution >= 4 is 11.5 Å². The summed E-state index contributed by atoms with van der Waals surface area (Å²) < 4.78 is 1.62. The Morgan fingerprint density at radius 2 is 2.17 bits per heavy atom. The average molecular weight is 241 g/mol. The molecule has 7 nitrogen and oxygen atoms in total. The van der Waals surface area contributed by atoms with Gasteiger partial charge in [0.05, 0.1) is 12.4 Å². The molecule has 0 unspecified atom stereocenters. The molecule has 0 amide bonds. The minimum absolute atomic E-state index is 0.626. The Balaban J connectivity index is 1.68. The number of anilines is 1. The van der Waals surface area contributed by atoms with Crippen molar-refractivity contribution in [3.05, 3.63) is 42.5 Å². The van der Waals surface area contributed by atoms with E-state index in [1.807, 2.05) is 18.3 Å². The third-order valence-corrected chi connectivity index (χ3v) is 2.55. The van der Waals surface area contributed by atoms with Crippen LogP contribution in [-0.4, -0.2) is 36.6 Å². The molecule has 0 aromatic carbocycles. The molecule has 0 aliphatic rings. The number of aromatic nitrogens is 6. The summed E-state index contributed by atoms with van der Waals surface area (Å²) in [4.78, 5) is 8.15.